The molecule has 7 heteroatoms. The van der Waals surface area contributed by atoms with Gasteiger partial charge in [0.05, 0.1) is 19.8 Å². The van der Waals surface area contributed by atoms with E-state index in [0.717, 1.165) is 56.6 Å². The van der Waals surface area contributed by atoms with Crippen molar-refractivity contribution in [2.75, 3.05) is 44.7 Å². The number of amides is 1. The molecule has 1 N–H and O–H groups in total. The number of carbonyl (C=O) groups is 1. The lowest BCUT2D eigenvalue weighted by Gasteiger charge is -2.34. The fourth-order valence-corrected chi connectivity index (χ4v) is 3.47. The number of benzene rings is 2. The average Bonchev–Trinajstić information content (AvgIpc) is 2.68. The maximum absolute atomic E-state index is 13.4. The number of nitrogens with zero attached hydrogens (tertiary/aromatic N) is 2. The topological polar surface area (TPSA) is 44.8 Å². The van der Waals surface area contributed by atoms with Crippen LogP contribution in [0.5, 0.6) is 0 Å². The zero-order chi connectivity index (χ0) is 20.6. The molecule has 29 heavy (non-hydrogen) atoms. The van der Waals surface area contributed by atoms with Gasteiger partial charge in [0.25, 0.3) is 0 Å². The van der Waals surface area contributed by atoms with Crippen molar-refractivity contribution in [2.45, 2.75) is 19.5 Å². The Kier molecular flexibility index (Phi) is 7.69. The van der Waals surface area contributed by atoms with E-state index in [2.05, 4.69) is 22.0 Å². The number of nitrogens with one attached hydrogen (secondary N) is 1. The number of rotatable bonds is 8. The van der Waals surface area contributed by atoms with Crippen LogP contribution in [0.3, 0.4) is 0 Å². The summed E-state index contributed by atoms with van der Waals surface area (Å²) >= 11 is 0. The highest BCUT2D eigenvalue weighted by Gasteiger charge is 2.21. The van der Waals surface area contributed by atoms with Gasteiger partial charge in [-0.15, -0.1) is 0 Å². The molecule has 5 nitrogen and oxygen atoms in total. The van der Waals surface area contributed by atoms with Crippen molar-refractivity contribution >= 4 is 11.6 Å². The van der Waals surface area contributed by atoms with Gasteiger partial charge in [0.1, 0.15) is 11.6 Å². The van der Waals surface area contributed by atoms with E-state index in [9.17, 15) is 13.6 Å². The normalized spacial score (nSPS) is 16.0. The summed E-state index contributed by atoms with van der Waals surface area (Å²) in [4.78, 5) is 17.0. The molecular formula is C22H27F2N3O2. The number of hydrogen-bond donors (Lipinski definition) is 1. The van der Waals surface area contributed by atoms with E-state index in [1.165, 1.54) is 0 Å². The highest BCUT2D eigenvalue weighted by Crippen LogP contribution is 2.14. The number of anilines is 1. The molecule has 1 aliphatic rings. The van der Waals surface area contributed by atoms with Gasteiger partial charge in [0, 0.05) is 44.0 Å². The van der Waals surface area contributed by atoms with Gasteiger partial charge < -0.3 is 10.1 Å². The quantitative estimate of drug-likeness (QED) is 0.736. The third kappa shape index (κ3) is 6.88. The van der Waals surface area contributed by atoms with Gasteiger partial charge in [-0.05, 0) is 24.6 Å². The van der Waals surface area contributed by atoms with E-state index >= 15 is 0 Å². The predicted octanol–water partition coefficient (Wildman–Crippen LogP) is 3.13. The molecule has 1 fully saturated rings. The van der Waals surface area contributed by atoms with Crippen molar-refractivity contribution in [3.63, 3.8) is 0 Å². The minimum Gasteiger partial charge on any atom is -0.379 e. The van der Waals surface area contributed by atoms with Crippen molar-refractivity contribution in [2.24, 2.45) is 0 Å². The smallest absolute Gasteiger partial charge is 0.238 e. The largest absolute Gasteiger partial charge is 0.379 e. The lowest BCUT2D eigenvalue weighted by molar-refractivity contribution is -0.118. The zero-order valence-corrected chi connectivity index (χ0v) is 16.6. The molecule has 0 aliphatic carbocycles. The van der Waals surface area contributed by atoms with Gasteiger partial charge in [-0.2, -0.15) is 0 Å². The lowest BCUT2D eigenvalue weighted by atomic mass is 10.1. The van der Waals surface area contributed by atoms with E-state index in [4.69, 9.17) is 4.74 Å². The third-order valence-electron chi connectivity index (χ3n) is 4.97. The maximum atomic E-state index is 13.4. The van der Waals surface area contributed by atoms with Crippen LogP contribution in [-0.2, 0) is 16.1 Å². The zero-order valence-electron chi connectivity index (χ0n) is 16.6. The predicted molar refractivity (Wildman–Crippen MR) is 109 cm³/mol. The Morgan fingerprint density at radius 1 is 1.14 bits per heavy atom. The standard InChI is InChI=1S/C22H27F2N3O2/c1-17(14-26-7-9-29-10-8-26)27(15-18-5-3-2-4-6-18)16-22(28)25-21-12-19(23)11-20(24)13-21/h2-6,11-13,17H,7-10,14-16H2,1H3,(H,25,28). The van der Waals surface area contributed by atoms with Gasteiger partial charge in [-0.25, -0.2) is 8.78 Å². The molecule has 2 aromatic rings. The fraction of sp³-hybridized carbons (Fsp3) is 0.409. The first-order valence-corrected chi connectivity index (χ1v) is 9.83. The minimum atomic E-state index is -0.720. The Hall–Kier alpha value is -2.35. The second-order valence-corrected chi connectivity index (χ2v) is 7.36. The molecule has 1 amide bonds. The Labute approximate surface area is 170 Å². The van der Waals surface area contributed by atoms with Crippen molar-refractivity contribution in [1.29, 1.82) is 0 Å². The van der Waals surface area contributed by atoms with Crippen molar-refractivity contribution < 1.29 is 18.3 Å². The summed E-state index contributed by atoms with van der Waals surface area (Å²) in [5.41, 5.74) is 1.22. The molecule has 1 heterocycles. The fourth-order valence-electron chi connectivity index (χ4n) is 3.47. The summed E-state index contributed by atoms with van der Waals surface area (Å²) in [7, 11) is 0. The summed E-state index contributed by atoms with van der Waals surface area (Å²) in [5.74, 6) is -1.75. The van der Waals surface area contributed by atoms with Crippen LogP contribution in [0.2, 0.25) is 0 Å². The Morgan fingerprint density at radius 3 is 2.45 bits per heavy atom. The molecule has 1 atom stereocenters. The Balaban J connectivity index is 1.66. The second-order valence-electron chi connectivity index (χ2n) is 7.36. The third-order valence-corrected chi connectivity index (χ3v) is 4.97. The number of carbonyl (C=O) groups excluding carboxylic acids is 1. The van der Waals surface area contributed by atoms with E-state index in [1.54, 1.807) is 0 Å². The molecule has 1 aliphatic heterocycles. The number of morpholine rings is 1. The average molecular weight is 403 g/mol. The molecule has 0 aromatic heterocycles. The van der Waals surface area contributed by atoms with E-state index < -0.39 is 11.6 Å². The van der Waals surface area contributed by atoms with Crippen LogP contribution in [0, 0.1) is 11.6 Å². The molecular weight excluding hydrogens is 376 g/mol. The second kappa shape index (κ2) is 10.4. The van der Waals surface area contributed by atoms with Crippen LogP contribution in [0.4, 0.5) is 14.5 Å². The summed E-state index contributed by atoms with van der Waals surface area (Å²) in [6.07, 6.45) is 0. The first kappa shape index (κ1) is 21.4. The van der Waals surface area contributed by atoms with E-state index in [0.29, 0.717) is 6.54 Å². The van der Waals surface area contributed by atoms with Gasteiger partial charge in [0.2, 0.25) is 5.91 Å². The maximum Gasteiger partial charge on any atom is 0.238 e. The minimum absolute atomic E-state index is 0.114. The highest BCUT2D eigenvalue weighted by atomic mass is 19.1. The molecule has 0 saturated carbocycles. The van der Waals surface area contributed by atoms with Crippen LogP contribution in [0.15, 0.2) is 48.5 Å². The van der Waals surface area contributed by atoms with Gasteiger partial charge in [-0.3, -0.25) is 14.6 Å². The summed E-state index contributed by atoms with van der Waals surface area (Å²) in [6, 6.07) is 13.1. The molecule has 0 radical (unpaired) electrons. The Morgan fingerprint density at radius 2 is 1.79 bits per heavy atom. The van der Waals surface area contributed by atoms with Gasteiger partial charge in [-0.1, -0.05) is 30.3 Å². The van der Waals surface area contributed by atoms with Crippen molar-refractivity contribution in [3.8, 4) is 0 Å². The van der Waals surface area contributed by atoms with Crippen LogP contribution in [0.1, 0.15) is 12.5 Å². The van der Waals surface area contributed by atoms with Crippen molar-refractivity contribution in [3.05, 3.63) is 65.7 Å². The van der Waals surface area contributed by atoms with Crippen LogP contribution in [0.25, 0.3) is 0 Å². The summed E-state index contributed by atoms with van der Waals surface area (Å²) < 4.78 is 32.2. The lowest BCUT2D eigenvalue weighted by Crippen LogP contribution is -2.47. The molecule has 0 bridgehead atoms. The number of hydrogen-bond acceptors (Lipinski definition) is 4. The SMILES string of the molecule is CC(CN1CCOCC1)N(CC(=O)Nc1cc(F)cc(F)c1)Cc1ccccc1. The van der Waals surface area contributed by atoms with Gasteiger partial charge >= 0.3 is 0 Å². The number of halogens is 2. The highest BCUT2D eigenvalue weighted by molar-refractivity contribution is 5.92. The van der Waals surface area contributed by atoms with Crippen LogP contribution >= 0.6 is 0 Å². The summed E-state index contributed by atoms with van der Waals surface area (Å²) in [6.45, 7) is 6.83. The molecule has 2 aromatic carbocycles. The number of ether oxygens (including phenoxy) is 1. The van der Waals surface area contributed by atoms with Crippen LogP contribution < -0.4 is 5.32 Å². The Bertz CT molecular complexity index is 778. The molecule has 156 valence electrons. The van der Waals surface area contributed by atoms with Gasteiger partial charge in [0.15, 0.2) is 0 Å². The van der Waals surface area contributed by atoms with E-state index in [1.807, 2.05) is 30.3 Å². The molecule has 3 rings (SSSR count). The van der Waals surface area contributed by atoms with Crippen molar-refractivity contribution in [1.82, 2.24) is 9.80 Å². The molecule has 0 spiro atoms. The first-order chi connectivity index (χ1) is 14.0. The summed E-state index contributed by atoms with van der Waals surface area (Å²) in [5, 5.41) is 2.60. The van der Waals surface area contributed by atoms with Crippen LogP contribution in [-0.4, -0.2) is 61.1 Å². The molecule has 1 unspecified atom stereocenters. The van der Waals surface area contributed by atoms with E-state index in [-0.39, 0.29) is 24.2 Å². The monoisotopic (exact) mass is 403 g/mol. The molecule has 1 saturated heterocycles. The first-order valence-electron chi connectivity index (χ1n) is 9.83.